The number of carbonyl (C=O) groups is 1. The van der Waals surface area contributed by atoms with Crippen molar-refractivity contribution in [1.29, 1.82) is 0 Å². The van der Waals surface area contributed by atoms with E-state index in [9.17, 15) is 13.2 Å². The molecule has 2 aliphatic rings. The van der Waals surface area contributed by atoms with E-state index >= 15 is 0 Å². The van der Waals surface area contributed by atoms with Crippen LogP contribution in [0.2, 0.25) is 0 Å². The zero-order chi connectivity index (χ0) is 17.5. The molecule has 0 aromatic heterocycles. The first-order valence-corrected chi connectivity index (χ1v) is 10.8. The maximum absolute atomic E-state index is 12.1. The topological polar surface area (TPSA) is 66.8 Å². The number of fused-ring (bicyclic) bond motifs is 1. The van der Waals surface area contributed by atoms with Crippen LogP contribution in [0, 0.1) is 12.8 Å². The van der Waals surface area contributed by atoms with E-state index in [1.54, 1.807) is 0 Å². The van der Waals surface area contributed by atoms with Gasteiger partial charge in [0, 0.05) is 17.4 Å². The Hall–Kier alpha value is -1.34. The summed E-state index contributed by atoms with van der Waals surface area (Å²) in [6, 6.07) is 7.76. The monoisotopic (exact) mass is 366 g/mol. The molecule has 2 unspecified atom stereocenters. The fourth-order valence-electron chi connectivity index (χ4n) is 3.07. The number of hydrogen-bond donors (Lipinski definition) is 0. The molecule has 2 saturated heterocycles. The van der Waals surface area contributed by atoms with Crippen molar-refractivity contribution in [2.24, 2.45) is 10.9 Å². The zero-order valence-corrected chi connectivity index (χ0v) is 15.7. The standard InChI is InChI=1S/C17H22N2O3S2/c1-11(2)8-16(20)18-17-19(13-6-4-12(3)5-7-13)14-9-24(21,22)10-15(14)23-17/h4-7,11,14-15H,8-10H2,1-3H3. The Morgan fingerprint density at radius 1 is 1.29 bits per heavy atom. The van der Waals surface area contributed by atoms with Crippen molar-refractivity contribution >= 4 is 38.4 Å². The number of sulfone groups is 1. The summed E-state index contributed by atoms with van der Waals surface area (Å²) in [6.45, 7) is 5.98. The molecule has 24 heavy (non-hydrogen) atoms. The van der Waals surface area contributed by atoms with E-state index in [2.05, 4.69) is 4.99 Å². The van der Waals surface area contributed by atoms with Gasteiger partial charge in [-0.25, -0.2) is 8.42 Å². The molecule has 1 aromatic carbocycles. The molecular formula is C17H22N2O3S2. The minimum Gasteiger partial charge on any atom is -0.316 e. The number of rotatable bonds is 3. The average Bonchev–Trinajstić information content (AvgIpc) is 2.90. The molecule has 2 fully saturated rings. The predicted octanol–water partition coefficient (Wildman–Crippen LogP) is 2.64. The molecule has 2 heterocycles. The van der Waals surface area contributed by atoms with Crippen molar-refractivity contribution in [2.45, 2.75) is 38.5 Å². The van der Waals surface area contributed by atoms with Crippen LogP contribution in [0.5, 0.6) is 0 Å². The summed E-state index contributed by atoms with van der Waals surface area (Å²) in [4.78, 5) is 18.4. The van der Waals surface area contributed by atoms with E-state index in [1.807, 2.05) is 49.9 Å². The number of carbonyl (C=O) groups excluding carboxylic acids is 1. The van der Waals surface area contributed by atoms with Gasteiger partial charge in [0.25, 0.3) is 0 Å². The second-order valence-corrected chi connectivity index (χ2v) is 10.3. The Labute approximate surface area is 147 Å². The lowest BCUT2D eigenvalue weighted by molar-refractivity contribution is -0.118. The third-order valence-corrected chi connectivity index (χ3v) is 7.39. The smallest absolute Gasteiger partial charge is 0.248 e. The summed E-state index contributed by atoms with van der Waals surface area (Å²) in [5.74, 6) is 0.381. The Morgan fingerprint density at radius 3 is 2.58 bits per heavy atom. The average molecular weight is 367 g/mol. The molecule has 5 nitrogen and oxygen atoms in total. The Bertz CT molecular complexity index is 770. The molecule has 7 heteroatoms. The molecule has 2 aliphatic heterocycles. The first-order chi connectivity index (χ1) is 11.2. The highest BCUT2D eigenvalue weighted by molar-refractivity contribution is 8.16. The van der Waals surface area contributed by atoms with Gasteiger partial charge in [0.1, 0.15) is 0 Å². The van der Waals surface area contributed by atoms with Crippen LogP contribution in [0.1, 0.15) is 25.8 Å². The van der Waals surface area contributed by atoms with E-state index in [0.29, 0.717) is 11.6 Å². The maximum atomic E-state index is 12.1. The molecule has 0 bridgehead atoms. The molecule has 1 amide bonds. The molecule has 2 atom stereocenters. The van der Waals surface area contributed by atoms with E-state index in [4.69, 9.17) is 0 Å². The van der Waals surface area contributed by atoms with Crippen molar-refractivity contribution in [1.82, 2.24) is 0 Å². The van der Waals surface area contributed by atoms with E-state index in [1.165, 1.54) is 11.8 Å². The van der Waals surface area contributed by atoms with Crippen LogP contribution in [0.3, 0.4) is 0 Å². The molecule has 0 aliphatic carbocycles. The summed E-state index contributed by atoms with van der Waals surface area (Å²) in [5, 5.41) is 0.580. The number of amides is 1. The summed E-state index contributed by atoms with van der Waals surface area (Å²) in [7, 11) is -3.03. The summed E-state index contributed by atoms with van der Waals surface area (Å²) >= 11 is 1.42. The lowest BCUT2D eigenvalue weighted by Gasteiger charge is -2.24. The number of aliphatic imine (C=N–C) groups is 1. The molecule has 3 rings (SSSR count). The minimum atomic E-state index is -3.03. The molecular weight excluding hydrogens is 344 g/mol. The van der Waals surface area contributed by atoms with Gasteiger partial charge in [-0.1, -0.05) is 43.3 Å². The quantitative estimate of drug-likeness (QED) is 0.823. The van der Waals surface area contributed by atoms with Crippen molar-refractivity contribution in [3.63, 3.8) is 0 Å². The number of thioether (sulfide) groups is 1. The van der Waals surface area contributed by atoms with Gasteiger partial charge < -0.3 is 4.90 Å². The van der Waals surface area contributed by atoms with Gasteiger partial charge in [-0.15, -0.1) is 0 Å². The lowest BCUT2D eigenvalue weighted by Crippen LogP contribution is -2.37. The van der Waals surface area contributed by atoms with Crippen LogP contribution >= 0.6 is 11.8 Å². The van der Waals surface area contributed by atoms with Crippen molar-refractivity contribution in [3.05, 3.63) is 29.8 Å². The van der Waals surface area contributed by atoms with Crippen LogP contribution in [0.25, 0.3) is 0 Å². The van der Waals surface area contributed by atoms with E-state index in [0.717, 1.165) is 11.3 Å². The second-order valence-electron chi connectivity index (χ2n) is 6.89. The first kappa shape index (κ1) is 17.5. The lowest BCUT2D eigenvalue weighted by atomic mass is 10.1. The predicted molar refractivity (Wildman–Crippen MR) is 99.4 cm³/mol. The van der Waals surface area contributed by atoms with E-state index in [-0.39, 0.29) is 34.6 Å². The third-order valence-electron chi connectivity index (χ3n) is 4.18. The Kier molecular flexibility index (Phi) is 4.75. The van der Waals surface area contributed by atoms with Crippen LogP contribution < -0.4 is 4.90 Å². The number of anilines is 1. The van der Waals surface area contributed by atoms with Gasteiger partial charge in [-0.2, -0.15) is 4.99 Å². The normalized spacial score (nSPS) is 27.0. The largest absolute Gasteiger partial charge is 0.316 e. The summed E-state index contributed by atoms with van der Waals surface area (Å²) < 4.78 is 24.0. The molecule has 1 aromatic rings. The highest BCUT2D eigenvalue weighted by atomic mass is 32.2. The molecule has 0 spiro atoms. The van der Waals surface area contributed by atoms with Gasteiger partial charge in [0.05, 0.1) is 17.5 Å². The highest BCUT2D eigenvalue weighted by Crippen LogP contribution is 2.41. The number of benzene rings is 1. The molecule has 0 N–H and O–H groups in total. The maximum Gasteiger partial charge on any atom is 0.248 e. The fraction of sp³-hybridized carbons (Fsp3) is 0.529. The number of amidine groups is 1. The third kappa shape index (κ3) is 3.67. The Morgan fingerprint density at radius 2 is 1.96 bits per heavy atom. The molecule has 130 valence electrons. The number of aryl methyl sites for hydroxylation is 1. The van der Waals surface area contributed by atoms with Crippen molar-refractivity contribution in [3.8, 4) is 0 Å². The van der Waals surface area contributed by atoms with Crippen LogP contribution in [-0.2, 0) is 14.6 Å². The van der Waals surface area contributed by atoms with Gasteiger partial charge in [-0.05, 0) is 25.0 Å². The van der Waals surface area contributed by atoms with Gasteiger partial charge in [0.2, 0.25) is 5.91 Å². The van der Waals surface area contributed by atoms with Crippen LogP contribution in [0.15, 0.2) is 29.3 Å². The summed E-state index contributed by atoms with van der Waals surface area (Å²) in [5.41, 5.74) is 2.03. The van der Waals surface area contributed by atoms with Gasteiger partial charge >= 0.3 is 0 Å². The van der Waals surface area contributed by atoms with Crippen molar-refractivity contribution in [2.75, 3.05) is 16.4 Å². The number of nitrogens with zero attached hydrogens (tertiary/aromatic N) is 2. The fourth-order valence-corrected chi connectivity index (χ4v) is 7.00. The SMILES string of the molecule is Cc1ccc(N2C(=NC(=O)CC(C)C)SC3CS(=O)(=O)CC32)cc1. The van der Waals surface area contributed by atoms with Gasteiger partial charge in [0.15, 0.2) is 15.0 Å². The van der Waals surface area contributed by atoms with Crippen LogP contribution in [-0.4, -0.2) is 42.3 Å². The minimum absolute atomic E-state index is 0.0538. The first-order valence-electron chi connectivity index (χ1n) is 8.09. The molecule has 0 saturated carbocycles. The van der Waals surface area contributed by atoms with Crippen molar-refractivity contribution < 1.29 is 13.2 Å². The van der Waals surface area contributed by atoms with E-state index < -0.39 is 9.84 Å². The zero-order valence-electron chi connectivity index (χ0n) is 14.1. The van der Waals surface area contributed by atoms with Gasteiger partial charge in [-0.3, -0.25) is 4.79 Å². The summed E-state index contributed by atoms with van der Waals surface area (Å²) in [6.07, 6.45) is 0.402. The Balaban J connectivity index is 1.95. The second kappa shape index (κ2) is 6.52. The molecule has 0 radical (unpaired) electrons. The highest BCUT2D eigenvalue weighted by Gasteiger charge is 2.49. The number of hydrogen-bond acceptors (Lipinski definition) is 4. The van der Waals surface area contributed by atoms with Crippen LogP contribution in [0.4, 0.5) is 5.69 Å².